The van der Waals surface area contributed by atoms with E-state index in [2.05, 4.69) is 4.74 Å². The van der Waals surface area contributed by atoms with Crippen molar-refractivity contribution < 1.29 is 39.9 Å². The number of rotatable bonds is 5. The van der Waals surface area contributed by atoms with Crippen molar-refractivity contribution in [2.24, 2.45) is 0 Å². The highest BCUT2D eigenvalue weighted by Crippen LogP contribution is 2.35. The van der Waals surface area contributed by atoms with Crippen molar-refractivity contribution in [2.75, 3.05) is 13.3 Å². The molecular formula is C6H4F8O. The Labute approximate surface area is 78.3 Å². The highest BCUT2D eigenvalue weighted by molar-refractivity contribution is 5.00. The van der Waals surface area contributed by atoms with E-state index in [1.54, 1.807) is 0 Å². The van der Waals surface area contributed by atoms with E-state index in [9.17, 15) is 35.1 Å². The Bertz CT molecular complexity index is 242. The highest BCUT2D eigenvalue weighted by atomic mass is 19.3. The molecular weight excluding hydrogens is 240 g/mol. The van der Waals surface area contributed by atoms with Crippen LogP contribution in [0.2, 0.25) is 0 Å². The second kappa shape index (κ2) is 4.77. The summed E-state index contributed by atoms with van der Waals surface area (Å²) in [5.41, 5.74) is 0. The summed E-state index contributed by atoms with van der Waals surface area (Å²) < 4.78 is 97.5. The van der Waals surface area contributed by atoms with E-state index < -0.39 is 37.2 Å². The van der Waals surface area contributed by atoms with Crippen molar-refractivity contribution in [1.82, 2.24) is 0 Å². The lowest BCUT2D eigenvalue weighted by atomic mass is 10.4. The zero-order valence-electron chi connectivity index (χ0n) is 6.85. The Hall–Kier alpha value is -0.860. The van der Waals surface area contributed by atoms with Gasteiger partial charge >= 0.3 is 12.2 Å². The number of hydrogen-bond acceptors (Lipinski definition) is 1. The first kappa shape index (κ1) is 14.1. The molecule has 0 bridgehead atoms. The highest BCUT2D eigenvalue weighted by Gasteiger charge is 2.49. The summed E-state index contributed by atoms with van der Waals surface area (Å²) in [4.78, 5) is 0. The van der Waals surface area contributed by atoms with Crippen molar-refractivity contribution >= 4 is 0 Å². The van der Waals surface area contributed by atoms with E-state index in [1.807, 2.05) is 0 Å². The zero-order valence-corrected chi connectivity index (χ0v) is 6.85. The summed E-state index contributed by atoms with van der Waals surface area (Å²) in [6.45, 7) is -4.75. The molecule has 0 heterocycles. The van der Waals surface area contributed by atoms with Gasteiger partial charge in [-0.15, -0.1) is 0 Å². The molecule has 0 amide bonds. The van der Waals surface area contributed by atoms with Gasteiger partial charge in [-0.25, -0.2) is 13.2 Å². The fourth-order valence-electron chi connectivity index (χ4n) is 0.475. The molecule has 1 nitrogen and oxygen atoms in total. The molecule has 0 N–H and O–H groups in total. The number of hydrogen-bond donors (Lipinski definition) is 0. The van der Waals surface area contributed by atoms with Crippen LogP contribution in [-0.2, 0) is 4.74 Å². The lowest BCUT2D eigenvalue weighted by Crippen LogP contribution is -2.40. The zero-order chi connectivity index (χ0) is 12.3. The van der Waals surface area contributed by atoms with Gasteiger partial charge in [-0.2, -0.15) is 22.0 Å². The third kappa shape index (κ3) is 3.65. The number of ether oxygens (including phenoxy) is 1. The Morgan fingerprint density at radius 1 is 0.933 bits per heavy atom. The molecule has 9 heteroatoms. The molecule has 0 rings (SSSR count). The van der Waals surface area contributed by atoms with Gasteiger partial charge in [-0.05, 0) is 0 Å². The maximum absolute atomic E-state index is 12.5. The molecule has 0 saturated carbocycles. The van der Waals surface area contributed by atoms with Gasteiger partial charge in [0.1, 0.15) is 0 Å². The van der Waals surface area contributed by atoms with Gasteiger partial charge in [0.05, 0.1) is 0 Å². The third-order valence-corrected chi connectivity index (χ3v) is 1.13. The van der Waals surface area contributed by atoms with Crippen LogP contribution in [0.4, 0.5) is 35.1 Å². The molecule has 0 aliphatic heterocycles. The lowest BCUT2D eigenvalue weighted by molar-refractivity contribution is -0.325. The van der Waals surface area contributed by atoms with Gasteiger partial charge in [0, 0.05) is 0 Å². The van der Waals surface area contributed by atoms with Crippen molar-refractivity contribution in [3.05, 3.63) is 11.9 Å². The maximum Gasteiger partial charge on any atom is 0.417 e. The van der Waals surface area contributed by atoms with E-state index >= 15 is 0 Å². The van der Waals surface area contributed by atoms with E-state index in [0.717, 1.165) is 0 Å². The molecule has 90 valence electrons. The SMILES string of the molecule is FCC(F)(CF)OC(F)(F)C(F)=C(F)F. The van der Waals surface area contributed by atoms with Crippen LogP contribution < -0.4 is 0 Å². The van der Waals surface area contributed by atoms with Crippen LogP contribution in [0.3, 0.4) is 0 Å². The first-order valence-electron chi connectivity index (χ1n) is 3.28. The van der Waals surface area contributed by atoms with Gasteiger partial charge in [-0.1, -0.05) is 0 Å². The average Bonchev–Trinajstić information content (AvgIpc) is 2.15. The summed E-state index contributed by atoms with van der Waals surface area (Å²) in [7, 11) is 0. The minimum Gasteiger partial charge on any atom is -0.271 e. The van der Waals surface area contributed by atoms with Crippen molar-refractivity contribution in [3.63, 3.8) is 0 Å². The van der Waals surface area contributed by atoms with Crippen LogP contribution >= 0.6 is 0 Å². The van der Waals surface area contributed by atoms with Gasteiger partial charge in [0.2, 0.25) is 0 Å². The van der Waals surface area contributed by atoms with Gasteiger partial charge < -0.3 is 0 Å². The van der Waals surface area contributed by atoms with Crippen LogP contribution in [0, 0.1) is 0 Å². The predicted molar refractivity (Wildman–Crippen MR) is 32.2 cm³/mol. The van der Waals surface area contributed by atoms with Crippen LogP contribution in [0.1, 0.15) is 0 Å². The van der Waals surface area contributed by atoms with E-state index in [-0.39, 0.29) is 0 Å². The fourth-order valence-corrected chi connectivity index (χ4v) is 0.475. The van der Waals surface area contributed by atoms with Crippen molar-refractivity contribution in [3.8, 4) is 0 Å². The van der Waals surface area contributed by atoms with E-state index in [0.29, 0.717) is 0 Å². The van der Waals surface area contributed by atoms with E-state index in [1.165, 1.54) is 0 Å². The second-order valence-electron chi connectivity index (χ2n) is 2.34. The van der Waals surface area contributed by atoms with Gasteiger partial charge in [-0.3, -0.25) is 4.74 Å². The Balaban J connectivity index is 4.86. The number of halogens is 8. The summed E-state index contributed by atoms with van der Waals surface area (Å²) >= 11 is 0. The molecule has 0 aromatic heterocycles. The molecule has 0 fully saturated rings. The largest absolute Gasteiger partial charge is 0.417 e. The third-order valence-electron chi connectivity index (χ3n) is 1.13. The van der Waals surface area contributed by atoms with E-state index in [4.69, 9.17) is 0 Å². The van der Waals surface area contributed by atoms with Gasteiger partial charge in [0.25, 0.3) is 11.7 Å². The molecule has 0 unspecified atom stereocenters. The molecule has 0 spiro atoms. The standard InChI is InChI=1S/C6H4F8O/c7-1-5(12,2-8)15-6(13,14)3(9)4(10)11/h1-2H2. The number of alkyl halides is 5. The average molecular weight is 244 g/mol. The molecule has 15 heavy (non-hydrogen) atoms. The van der Waals surface area contributed by atoms with Gasteiger partial charge in [0.15, 0.2) is 13.3 Å². The monoisotopic (exact) mass is 244 g/mol. The predicted octanol–water partition coefficient (Wildman–Crippen LogP) is 3.28. The summed E-state index contributed by atoms with van der Waals surface area (Å²) in [6.07, 6.45) is -8.90. The summed E-state index contributed by atoms with van der Waals surface area (Å²) in [5.74, 6) is -7.55. The van der Waals surface area contributed by atoms with Crippen LogP contribution in [0.25, 0.3) is 0 Å². The van der Waals surface area contributed by atoms with Crippen LogP contribution in [-0.4, -0.2) is 25.3 Å². The normalized spacial score (nSPS) is 12.8. The Kier molecular flexibility index (Phi) is 4.50. The molecule has 0 aromatic carbocycles. The second-order valence-corrected chi connectivity index (χ2v) is 2.34. The first-order valence-corrected chi connectivity index (χ1v) is 3.28. The fraction of sp³-hybridized carbons (Fsp3) is 0.667. The first-order chi connectivity index (χ1) is 6.68. The molecule has 0 aromatic rings. The van der Waals surface area contributed by atoms with Crippen LogP contribution in [0.15, 0.2) is 11.9 Å². The summed E-state index contributed by atoms with van der Waals surface area (Å²) in [5, 5.41) is 0. The Morgan fingerprint density at radius 2 is 1.33 bits per heavy atom. The topological polar surface area (TPSA) is 9.23 Å². The molecule has 0 saturated heterocycles. The minimum atomic E-state index is -5.42. The smallest absolute Gasteiger partial charge is 0.271 e. The molecule has 0 aliphatic carbocycles. The lowest BCUT2D eigenvalue weighted by Gasteiger charge is -2.23. The molecule has 0 atom stereocenters. The van der Waals surface area contributed by atoms with Crippen molar-refractivity contribution in [2.45, 2.75) is 12.0 Å². The van der Waals surface area contributed by atoms with Crippen LogP contribution in [0.5, 0.6) is 0 Å². The minimum absolute atomic E-state index is 2.37. The molecule has 0 aliphatic rings. The maximum atomic E-state index is 12.5. The van der Waals surface area contributed by atoms with Crippen molar-refractivity contribution in [1.29, 1.82) is 0 Å². The summed E-state index contributed by atoms with van der Waals surface area (Å²) in [6, 6.07) is 0. The Morgan fingerprint density at radius 3 is 1.60 bits per heavy atom. The quantitative estimate of drug-likeness (QED) is 0.674. The molecule has 0 radical (unpaired) electrons.